The molecule has 2 aromatic rings. The second-order valence-electron chi connectivity index (χ2n) is 9.60. The summed E-state index contributed by atoms with van der Waals surface area (Å²) < 4.78 is 0. The van der Waals surface area contributed by atoms with Gasteiger partial charge in [0.2, 0.25) is 11.8 Å². The summed E-state index contributed by atoms with van der Waals surface area (Å²) in [7, 11) is 0. The molecule has 2 aliphatic heterocycles. The Bertz CT molecular complexity index is 1250. The normalized spacial score (nSPS) is 33.4. The summed E-state index contributed by atoms with van der Waals surface area (Å²) in [4.78, 5) is 55.0. The minimum absolute atomic E-state index is 0.0188. The molecule has 3 heterocycles. The van der Waals surface area contributed by atoms with Crippen LogP contribution in [0.15, 0.2) is 46.2 Å². The number of aliphatic carboxylic acids is 1. The van der Waals surface area contributed by atoms with Gasteiger partial charge < -0.3 is 10.1 Å². The highest BCUT2D eigenvalue weighted by Crippen LogP contribution is 2.67. The lowest BCUT2D eigenvalue weighted by molar-refractivity contribution is -0.142. The number of aromatic amines is 1. The standard InChI is InChI=1S/C25H24N2O5S2/c28-16(29)7-4-10-27-23(30)18-14-11-15(19(18)24(27)31)20-17(14)13(9-8-12-5-2-1-3-6-12)21-22(33-20)26-25(32)34-21/h1-3,5-6,8-9,13-15,17-20H,4,7,10-11H2,(H,26,32)(H,28,29)/b9-8+/t13-,14-,15+,17-,18+,19+,20-/m0/s1. The van der Waals surface area contributed by atoms with Crippen molar-refractivity contribution in [1.29, 1.82) is 0 Å². The van der Waals surface area contributed by atoms with E-state index in [1.807, 2.05) is 30.3 Å². The third-order valence-corrected chi connectivity index (χ3v) is 10.5. The van der Waals surface area contributed by atoms with Gasteiger partial charge in [-0.1, -0.05) is 53.8 Å². The maximum Gasteiger partial charge on any atom is 0.305 e. The molecule has 1 saturated heterocycles. The maximum atomic E-state index is 13.4. The number of fused-ring (bicyclic) bond motifs is 9. The molecule has 7 atom stereocenters. The van der Waals surface area contributed by atoms with E-state index in [0.717, 1.165) is 21.9 Å². The second kappa shape index (κ2) is 8.23. The number of thiazole rings is 1. The first-order chi connectivity index (χ1) is 16.4. The van der Waals surface area contributed by atoms with Crippen molar-refractivity contribution in [1.82, 2.24) is 9.88 Å². The van der Waals surface area contributed by atoms with Crippen LogP contribution in [0.5, 0.6) is 0 Å². The minimum Gasteiger partial charge on any atom is -0.481 e. The fourth-order valence-electron chi connectivity index (χ4n) is 6.73. The molecule has 2 N–H and O–H groups in total. The van der Waals surface area contributed by atoms with E-state index in [1.54, 1.807) is 11.8 Å². The summed E-state index contributed by atoms with van der Waals surface area (Å²) in [6, 6.07) is 10.0. The molecule has 2 saturated carbocycles. The maximum absolute atomic E-state index is 13.4. The highest BCUT2D eigenvalue weighted by molar-refractivity contribution is 8.00. The number of allylic oxidation sites excluding steroid dienone is 1. The number of carbonyl (C=O) groups is 3. The Hall–Kier alpha value is -2.65. The first-order valence-electron chi connectivity index (χ1n) is 11.6. The number of nitrogens with one attached hydrogen (secondary N) is 1. The summed E-state index contributed by atoms with van der Waals surface area (Å²) in [6.45, 7) is 0.177. The minimum atomic E-state index is -0.921. The van der Waals surface area contributed by atoms with E-state index in [4.69, 9.17) is 5.11 Å². The van der Waals surface area contributed by atoms with E-state index in [-0.39, 0.29) is 76.8 Å². The van der Waals surface area contributed by atoms with Crippen molar-refractivity contribution in [2.45, 2.75) is 35.5 Å². The molecule has 2 amide bonds. The van der Waals surface area contributed by atoms with Crippen LogP contribution in [-0.4, -0.2) is 44.6 Å². The number of carbonyl (C=O) groups excluding carboxylic acids is 2. The molecule has 34 heavy (non-hydrogen) atoms. The third kappa shape index (κ3) is 3.32. The van der Waals surface area contributed by atoms with Crippen molar-refractivity contribution in [2.24, 2.45) is 29.6 Å². The summed E-state index contributed by atoms with van der Waals surface area (Å²) in [6.07, 6.45) is 5.35. The number of amides is 2. The highest BCUT2D eigenvalue weighted by Gasteiger charge is 2.69. The van der Waals surface area contributed by atoms with Gasteiger partial charge in [0.25, 0.3) is 0 Å². The fraction of sp³-hybridized carbons (Fsp3) is 0.440. The summed E-state index contributed by atoms with van der Waals surface area (Å²) in [5, 5.41) is 10.0. The van der Waals surface area contributed by atoms with Gasteiger partial charge in [0.05, 0.1) is 16.9 Å². The Balaban J connectivity index is 1.33. The molecule has 176 valence electrons. The Morgan fingerprint density at radius 2 is 1.85 bits per heavy atom. The van der Waals surface area contributed by atoms with Gasteiger partial charge in [-0.15, -0.1) is 11.8 Å². The molecular weight excluding hydrogens is 472 g/mol. The van der Waals surface area contributed by atoms with Crippen LogP contribution in [0.4, 0.5) is 0 Å². The number of carboxylic acids is 1. The van der Waals surface area contributed by atoms with E-state index in [0.29, 0.717) is 0 Å². The van der Waals surface area contributed by atoms with Crippen molar-refractivity contribution >= 4 is 47.0 Å². The lowest BCUT2D eigenvalue weighted by Gasteiger charge is -2.41. The zero-order valence-electron chi connectivity index (χ0n) is 18.3. The molecule has 4 aliphatic rings. The third-order valence-electron chi connectivity index (χ3n) is 7.93. The van der Waals surface area contributed by atoms with Gasteiger partial charge in [0.15, 0.2) is 0 Å². The molecule has 0 spiro atoms. The summed E-state index contributed by atoms with van der Waals surface area (Å²) in [5.41, 5.74) is 1.08. The molecule has 7 nitrogen and oxygen atoms in total. The average molecular weight is 497 g/mol. The summed E-state index contributed by atoms with van der Waals surface area (Å²) >= 11 is 2.92. The fourth-order valence-corrected chi connectivity index (χ4v) is 9.59. The number of aromatic nitrogens is 1. The van der Waals surface area contributed by atoms with Crippen LogP contribution >= 0.6 is 23.1 Å². The largest absolute Gasteiger partial charge is 0.481 e. The van der Waals surface area contributed by atoms with Crippen molar-refractivity contribution < 1.29 is 19.5 Å². The Morgan fingerprint density at radius 1 is 1.12 bits per heavy atom. The van der Waals surface area contributed by atoms with Crippen LogP contribution < -0.4 is 4.87 Å². The number of benzene rings is 1. The molecule has 0 unspecified atom stereocenters. The number of hydrogen-bond acceptors (Lipinski definition) is 6. The van der Waals surface area contributed by atoms with Crippen LogP contribution in [0, 0.1) is 29.6 Å². The molecule has 2 bridgehead atoms. The number of imide groups is 1. The Kier molecular flexibility index (Phi) is 5.29. The smallest absolute Gasteiger partial charge is 0.305 e. The number of likely N-dealkylation sites (tertiary alicyclic amines) is 1. The van der Waals surface area contributed by atoms with Gasteiger partial charge in [0.1, 0.15) is 0 Å². The number of carboxylic acid groups (broad SMARTS) is 1. The van der Waals surface area contributed by atoms with Gasteiger partial charge in [-0.05, 0) is 36.2 Å². The van der Waals surface area contributed by atoms with E-state index in [1.165, 1.54) is 16.2 Å². The van der Waals surface area contributed by atoms with Crippen LogP contribution in [0.1, 0.15) is 35.6 Å². The van der Waals surface area contributed by atoms with Crippen molar-refractivity contribution in [3.63, 3.8) is 0 Å². The zero-order valence-corrected chi connectivity index (χ0v) is 19.9. The van der Waals surface area contributed by atoms with Crippen molar-refractivity contribution in [2.75, 3.05) is 6.54 Å². The molecule has 1 aromatic carbocycles. The van der Waals surface area contributed by atoms with Crippen LogP contribution in [0.25, 0.3) is 6.08 Å². The zero-order chi connectivity index (χ0) is 23.6. The van der Waals surface area contributed by atoms with Crippen LogP contribution in [0.2, 0.25) is 0 Å². The Morgan fingerprint density at radius 3 is 2.59 bits per heavy atom. The quantitative estimate of drug-likeness (QED) is 0.594. The van der Waals surface area contributed by atoms with Crippen LogP contribution in [0.3, 0.4) is 0 Å². The van der Waals surface area contributed by atoms with Crippen molar-refractivity contribution in [3.8, 4) is 0 Å². The van der Waals surface area contributed by atoms with E-state index in [2.05, 4.69) is 17.1 Å². The lowest BCUT2D eigenvalue weighted by Crippen LogP contribution is -2.42. The van der Waals surface area contributed by atoms with E-state index < -0.39 is 5.97 Å². The number of H-pyrrole nitrogens is 1. The topological polar surface area (TPSA) is 108 Å². The molecule has 0 radical (unpaired) electrons. The monoisotopic (exact) mass is 496 g/mol. The van der Waals surface area contributed by atoms with Crippen LogP contribution in [-0.2, 0) is 14.4 Å². The number of rotatable bonds is 6. The van der Waals surface area contributed by atoms with E-state index >= 15 is 0 Å². The van der Waals surface area contributed by atoms with Gasteiger partial charge in [-0.2, -0.15) is 0 Å². The molecule has 9 heteroatoms. The van der Waals surface area contributed by atoms with Crippen molar-refractivity contribution in [3.05, 3.63) is 56.5 Å². The van der Waals surface area contributed by atoms with E-state index in [9.17, 15) is 19.2 Å². The van der Waals surface area contributed by atoms with Gasteiger partial charge >= 0.3 is 10.8 Å². The predicted octanol–water partition coefficient (Wildman–Crippen LogP) is 3.44. The highest BCUT2D eigenvalue weighted by atomic mass is 32.2. The Labute approximate surface area is 204 Å². The number of nitrogens with zero attached hydrogens (tertiary/aromatic N) is 1. The first-order valence-corrected chi connectivity index (χ1v) is 13.3. The first kappa shape index (κ1) is 21.9. The molecule has 2 aliphatic carbocycles. The second-order valence-corrected chi connectivity index (χ2v) is 11.8. The molecule has 6 rings (SSSR count). The predicted molar refractivity (Wildman–Crippen MR) is 128 cm³/mol. The molecule has 3 fully saturated rings. The van der Waals surface area contributed by atoms with Gasteiger partial charge in [-0.25, -0.2) is 0 Å². The average Bonchev–Trinajstić information content (AvgIpc) is 3.54. The lowest BCUT2D eigenvalue weighted by atomic mass is 9.69. The molecular formula is C25H24N2O5S2. The van der Waals surface area contributed by atoms with Gasteiger partial charge in [0, 0.05) is 29.0 Å². The molecule has 1 aromatic heterocycles. The summed E-state index contributed by atoms with van der Waals surface area (Å²) in [5.74, 6) is -1.44. The number of thioether (sulfide) groups is 1. The number of hydrogen-bond donors (Lipinski definition) is 2. The SMILES string of the molecule is O=C(O)CCCN1C(=O)[C@@H]2[C@H]3C[C@@H]([C@@H]4Sc5[nH]c(=O)sc5[C@@H](/C=C/c5ccccc5)[C@@H]34)[C@H]2C1=O. The van der Waals surface area contributed by atoms with Gasteiger partial charge in [-0.3, -0.25) is 24.1 Å².